The van der Waals surface area contributed by atoms with Gasteiger partial charge in [0.05, 0.1) is 23.5 Å². The summed E-state index contributed by atoms with van der Waals surface area (Å²) >= 11 is 2.55. The molecule has 0 unspecified atom stereocenters. The lowest BCUT2D eigenvalue weighted by Crippen LogP contribution is -2.55. The average molecular weight is 623 g/mol. The second-order valence-electron chi connectivity index (χ2n) is 9.51. The predicted molar refractivity (Wildman–Crippen MR) is 167 cm³/mol. The molecule has 0 aliphatic carbocycles. The fraction of sp³-hybridized carbons (Fsp3) is 0.267. The van der Waals surface area contributed by atoms with Gasteiger partial charge < -0.3 is 36.9 Å². The highest BCUT2D eigenvalue weighted by atomic mass is 32.1. The molecule has 2 aromatic carbocycles. The van der Waals surface area contributed by atoms with Crippen molar-refractivity contribution in [3.63, 3.8) is 0 Å². The number of nitrogens with two attached hydrogens (primary N) is 2. The van der Waals surface area contributed by atoms with Crippen LogP contribution in [-0.4, -0.2) is 41.6 Å². The molecular weight excluding hydrogens is 589 g/mol. The van der Waals surface area contributed by atoms with Crippen molar-refractivity contribution in [2.24, 2.45) is 5.73 Å². The molecule has 226 valence electrons. The second-order valence-corrected chi connectivity index (χ2v) is 11.1. The number of benzene rings is 2. The van der Waals surface area contributed by atoms with Crippen molar-refractivity contribution in [3.8, 4) is 10.8 Å². The third kappa shape index (κ3) is 9.53. The van der Waals surface area contributed by atoms with Gasteiger partial charge in [-0.25, -0.2) is 9.78 Å². The maximum atomic E-state index is 13.7. The Kier molecular flexibility index (Phi) is 11.5. The van der Waals surface area contributed by atoms with E-state index in [0.717, 1.165) is 28.0 Å². The minimum absolute atomic E-state index is 0.131. The van der Waals surface area contributed by atoms with E-state index >= 15 is 0 Å². The minimum atomic E-state index is -1.07. The summed E-state index contributed by atoms with van der Waals surface area (Å²) in [4.78, 5) is 44.1. The van der Waals surface area contributed by atoms with Crippen LogP contribution in [0.1, 0.15) is 29.3 Å². The molecule has 2 aromatic heterocycles. The molecule has 4 rings (SSSR count). The van der Waals surface area contributed by atoms with E-state index in [2.05, 4.69) is 20.9 Å². The number of thiazole rings is 1. The smallest absolute Gasteiger partial charge is 0.414 e. The van der Waals surface area contributed by atoms with Gasteiger partial charge in [-0.1, -0.05) is 36.4 Å². The third-order valence-electron chi connectivity index (χ3n) is 6.38. The van der Waals surface area contributed by atoms with Crippen molar-refractivity contribution in [2.45, 2.75) is 44.9 Å². The molecule has 0 fully saturated rings. The molecule has 13 heteroatoms. The minimum Gasteiger partial charge on any atom is -0.494 e. The van der Waals surface area contributed by atoms with Gasteiger partial charge in [-0.05, 0) is 47.2 Å². The molecule has 0 radical (unpaired) electrons. The first-order valence-electron chi connectivity index (χ1n) is 13.6. The van der Waals surface area contributed by atoms with E-state index in [-0.39, 0.29) is 24.4 Å². The van der Waals surface area contributed by atoms with Gasteiger partial charge in [0, 0.05) is 31.3 Å². The number of rotatable bonds is 14. The molecule has 7 N–H and O–H groups in total. The van der Waals surface area contributed by atoms with Crippen molar-refractivity contribution in [3.05, 3.63) is 93.3 Å². The Morgan fingerprint density at radius 1 is 0.907 bits per heavy atom. The van der Waals surface area contributed by atoms with E-state index in [1.807, 2.05) is 48.7 Å². The van der Waals surface area contributed by atoms with Crippen LogP contribution in [0.25, 0.3) is 0 Å². The number of carbonyl (C=O) groups excluding carboxylic acids is 3. The van der Waals surface area contributed by atoms with Gasteiger partial charge in [0.15, 0.2) is 0 Å². The Bertz CT molecular complexity index is 1480. The van der Waals surface area contributed by atoms with E-state index in [1.54, 1.807) is 29.1 Å². The number of aromatic nitrogens is 1. The first kappa shape index (κ1) is 31.5. The summed E-state index contributed by atoms with van der Waals surface area (Å²) in [6.45, 7) is 3.09. The first-order chi connectivity index (χ1) is 20.8. The highest BCUT2D eigenvalue weighted by Crippen LogP contribution is 2.28. The topological polar surface area (TPSA) is 171 Å². The molecule has 0 bridgehead atoms. The van der Waals surface area contributed by atoms with Crippen LogP contribution in [0.5, 0.6) is 10.8 Å². The second kappa shape index (κ2) is 15.7. The number of nitrogens with one attached hydrogen (secondary N) is 3. The van der Waals surface area contributed by atoms with E-state index in [9.17, 15) is 14.4 Å². The molecule has 43 heavy (non-hydrogen) atoms. The average Bonchev–Trinajstić information content (AvgIpc) is 3.68. The molecule has 0 aliphatic heterocycles. The molecule has 0 saturated heterocycles. The van der Waals surface area contributed by atoms with Crippen molar-refractivity contribution in [1.29, 1.82) is 0 Å². The van der Waals surface area contributed by atoms with E-state index < -0.39 is 30.0 Å². The Labute approximate surface area is 257 Å². The summed E-state index contributed by atoms with van der Waals surface area (Å²) in [5, 5.41) is 12.1. The van der Waals surface area contributed by atoms with Crippen LogP contribution in [0.4, 0.5) is 10.5 Å². The molecule has 2 heterocycles. The number of thiophene rings is 1. The zero-order chi connectivity index (χ0) is 30.6. The van der Waals surface area contributed by atoms with Crippen molar-refractivity contribution in [2.75, 3.05) is 12.3 Å². The van der Waals surface area contributed by atoms with Crippen LogP contribution in [0, 0.1) is 0 Å². The van der Waals surface area contributed by atoms with Crippen LogP contribution in [0.15, 0.2) is 70.9 Å². The Hall–Kier alpha value is -4.46. The Morgan fingerprint density at radius 2 is 1.60 bits per heavy atom. The van der Waals surface area contributed by atoms with E-state index in [0.29, 0.717) is 30.3 Å². The summed E-state index contributed by atoms with van der Waals surface area (Å²) in [6.07, 6.45) is -0.549. The van der Waals surface area contributed by atoms with Gasteiger partial charge in [-0.3, -0.25) is 9.59 Å². The maximum absolute atomic E-state index is 13.7. The summed E-state index contributed by atoms with van der Waals surface area (Å²) in [6, 6.07) is 14.4. The van der Waals surface area contributed by atoms with Gasteiger partial charge in [0.2, 0.25) is 16.9 Å². The number of hydrogen-bond donors (Lipinski definition) is 5. The van der Waals surface area contributed by atoms with Crippen LogP contribution in [0.3, 0.4) is 0 Å². The number of carbonyl (C=O) groups is 3. The molecule has 11 nitrogen and oxygen atoms in total. The van der Waals surface area contributed by atoms with Gasteiger partial charge in [-0.2, -0.15) is 0 Å². The molecule has 0 aliphatic rings. The molecule has 0 saturated carbocycles. The molecule has 2 atom stereocenters. The number of amides is 3. The standard InChI is InChI=1S/C30H34N6O5S2/c1-2-40-23-9-7-19(8-10-23)13-25(36-30(39)41-29-24(32)11-12-43-29)28(38)35-26(14-22-17-42-18-34-22)27(37)33-16-21-5-3-20(15-31)4-6-21/h3-12,17-18,25-26H,2,13-16,31-32H2,1H3,(H,33,37)(H,35,38)(H,36,39)/t25-,26+/m1/s1. The Balaban J connectivity index is 1.49. The van der Waals surface area contributed by atoms with Gasteiger partial charge in [-0.15, -0.1) is 22.7 Å². The van der Waals surface area contributed by atoms with Crippen LogP contribution >= 0.6 is 22.7 Å². The largest absolute Gasteiger partial charge is 0.494 e. The van der Waals surface area contributed by atoms with Crippen LogP contribution < -0.4 is 36.9 Å². The van der Waals surface area contributed by atoms with Crippen LogP contribution in [-0.2, 0) is 35.5 Å². The van der Waals surface area contributed by atoms with Gasteiger partial charge in [0.1, 0.15) is 17.8 Å². The predicted octanol–water partition coefficient (Wildman–Crippen LogP) is 3.39. The molecular formula is C30H34N6O5S2. The molecule has 4 aromatic rings. The number of nitrogens with zero attached hydrogens (tertiary/aromatic N) is 1. The zero-order valence-electron chi connectivity index (χ0n) is 23.6. The number of nitrogen functional groups attached to an aromatic ring is 1. The summed E-state index contributed by atoms with van der Waals surface area (Å²) in [5.74, 6) is -0.267. The Morgan fingerprint density at radius 3 is 2.23 bits per heavy atom. The lowest BCUT2D eigenvalue weighted by atomic mass is 10.0. The summed E-state index contributed by atoms with van der Waals surface area (Å²) in [7, 11) is 0. The highest BCUT2D eigenvalue weighted by molar-refractivity contribution is 7.12. The lowest BCUT2D eigenvalue weighted by molar-refractivity contribution is -0.130. The van der Waals surface area contributed by atoms with E-state index in [4.69, 9.17) is 20.9 Å². The quantitative estimate of drug-likeness (QED) is 0.142. The molecule has 0 spiro atoms. The van der Waals surface area contributed by atoms with Gasteiger partial charge in [0.25, 0.3) is 0 Å². The SMILES string of the molecule is CCOc1ccc(C[C@@H](NC(=O)Oc2sccc2N)C(=O)N[C@@H](Cc2cscn2)C(=O)NCc2ccc(CN)cc2)cc1. The first-order valence-corrected chi connectivity index (χ1v) is 15.4. The van der Waals surface area contributed by atoms with Crippen molar-refractivity contribution < 1.29 is 23.9 Å². The normalized spacial score (nSPS) is 12.1. The lowest BCUT2D eigenvalue weighted by Gasteiger charge is -2.23. The monoisotopic (exact) mass is 622 g/mol. The fourth-order valence-corrected chi connectivity index (χ4v) is 5.35. The summed E-state index contributed by atoms with van der Waals surface area (Å²) < 4.78 is 10.9. The zero-order valence-corrected chi connectivity index (χ0v) is 25.2. The third-order valence-corrected chi connectivity index (χ3v) is 7.82. The number of anilines is 1. The summed E-state index contributed by atoms with van der Waals surface area (Å²) in [5.41, 5.74) is 16.8. The van der Waals surface area contributed by atoms with Crippen molar-refractivity contribution in [1.82, 2.24) is 20.9 Å². The number of ether oxygens (including phenoxy) is 2. The van der Waals surface area contributed by atoms with Crippen molar-refractivity contribution >= 4 is 46.3 Å². The van der Waals surface area contributed by atoms with E-state index in [1.165, 1.54) is 11.3 Å². The van der Waals surface area contributed by atoms with Crippen LogP contribution in [0.2, 0.25) is 0 Å². The maximum Gasteiger partial charge on any atom is 0.414 e. The fourth-order valence-electron chi connectivity index (χ4n) is 4.11. The highest BCUT2D eigenvalue weighted by Gasteiger charge is 2.28. The molecule has 3 amide bonds. The number of hydrogen-bond acceptors (Lipinski definition) is 10. The van der Waals surface area contributed by atoms with Gasteiger partial charge >= 0.3 is 6.09 Å².